The molecule has 0 aromatic carbocycles. The molecule has 0 saturated carbocycles. The Balaban J connectivity index is 4.02. The van der Waals surface area contributed by atoms with Gasteiger partial charge in [0.2, 0.25) is 0 Å². The van der Waals surface area contributed by atoms with Crippen molar-refractivity contribution in [3.8, 4) is 0 Å². The molecule has 0 rings (SSSR count). The molecule has 0 nitrogen and oxygen atoms in total. The van der Waals surface area contributed by atoms with Crippen LogP contribution >= 0.6 is 23.2 Å². The molecule has 0 bridgehead atoms. The van der Waals surface area contributed by atoms with Gasteiger partial charge in [-0.15, -0.1) is 0 Å². The van der Waals surface area contributed by atoms with Crippen molar-refractivity contribution in [2.75, 3.05) is 0 Å². The van der Waals surface area contributed by atoms with E-state index >= 15 is 0 Å². The molecule has 0 spiro atoms. The van der Waals surface area contributed by atoms with E-state index in [0.29, 0.717) is 0 Å². The van der Waals surface area contributed by atoms with Crippen LogP contribution < -0.4 is 0 Å². The summed E-state index contributed by atoms with van der Waals surface area (Å²) in [5, 5.41) is 0. The first-order valence-corrected chi connectivity index (χ1v) is 13.4. The first kappa shape index (κ1) is 9.38. The van der Waals surface area contributed by atoms with Crippen molar-refractivity contribution in [3.63, 3.8) is 0 Å². The van der Waals surface area contributed by atoms with Crippen LogP contribution in [0.4, 0.5) is 0 Å². The first-order chi connectivity index (χ1) is 3.25. The molecular formula is C5H12Cl2Sn. The van der Waals surface area contributed by atoms with Gasteiger partial charge in [-0.1, -0.05) is 0 Å². The van der Waals surface area contributed by atoms with Crippen molar-refractivity contribution in [2.24, 2.45) is 0 Å². The molecular weight excluding hydrogens is 250 g/mol. The Kier molecular flexibility index (Phi) is 2.99. The Morgan fingerprint density at radius 3 is 1.25 bits per heavy atom. The molecule has 50 valence electrons. The molecule has 0 radical (unpaired) electrons. The van der Waals surface area contributed by atoms with E-state index in [1.54, 1.807) is 0 Å². The molecule has 3 heteroatoms. The normalized spacial score (nSPS) is 14.2. The van der Waals surface area contributed by atoms with Crippen molar-refractivity contribution in [2.45, 2.75) is 24.1 Å². The second kappa shape index (κ2) is 2.55. The van der Waals surface area contributed by atoms with Gasteiger partial charge < -0.3 is 0 Å². The predicted molar refractivity (Wildman–Crippen MR) is 43.5 cm³/mol. The number of rotatable bonds is 1. The molecule has 0 saturated heterocycles. The summed E-state index contributed by atoms with van der Waals surface area (Å²) in [7, 11) is 0. The van der Waals surface area contributed by atoms with E-state index in [4.69, 9.17) is 23.2 Å². The van der Waals surface area contributed by atoms with E-state index < -0.39 is 20.7 Å². The fourth-order valence-corrected chi connectivity index (χ4v) is 0. The van der Waals surface area contributed by atoms with Gasteiger partial charge in [0.05, 0.1) is 0 Å². The zero-order chi connectivity index (χ0) is 7.00. The van der Waals surface area contributed by atoms with Gasteiger partial charge in [-0.05, 0) is 0 Å². The van der Waals surface area contributed by atoms with Gasteiger partial charge in [0.15, 0.2) is 0 Å². The van der Waals surface area contributed by atoms with Gasteiger partial charge >= 0.3 is 65.7 Å². The summed E-state index contributed by atoms with van der Waals surface area (Å²) in [4.78, 5) is 6.65. The fourth-order valence-electron chi connectivity index (χ4n) is 0. The fraction of sp³-hybridized carbons (Fsp3) is 1.00. The number of hydrogen-bond donors (Lipinski definition) is 0. The first-order valence-electron chi connectivity index (χ1n) is 2.63. The minimum absolute atomic E-state index is 0.408. The average molecular weight is 262 g/mol. The molecule has 0 fully saturated rings. The van der Waals surface area contributed by atoms with E-state index in [1.165, 1.54) is 0 Å². The second-order valence-corrected chi connectivity index (χ2v) is 22.4. The molecule has 0 aliphatic rings. The molecule has 0 aromatic heterocycles. The molecule has 0 aliphatic heterocycles. The third-order valence-corrected chi connectivity index (χ3v) is 16.4. The van der Waals surface area contributed by atoms with Crippen LogP contribution in [0.2, 0.25) is 14.8 Å². The summed E-state index contributed by atoms with van der Waals surface area (Å²) in [5.41, 5.74) is 0. The monoisotopic (exact) mass is 262 g/mol. The van der Waals surface area contributed by atoms with Gasteiger partial charge in [-0.2, -0.15) is 0 Å². The average Bonchev–Trinajstić information content (AvgIpc) is 1.25. The Morgan fingerprint density at radius 2 is 1.25 bits per heavy atom. The van der Waals surface area contributed by atoms with Gasteiger partial charge in [-0.25, -0.2) is 0 Å². The van der Waals surface area contributed by atoms with E-state index in [-0.39, 0.29) is 0 Å². The molecule has 0 aromatic rings. The molecule has 0 aliphatic carbocycles. The van der Waals surface area contributed by atoms with Crippen molar-refractivity contribution in [1.82, 2.24) is 0 Å². The number of alkyl halides is 2. The summed E-state index contributed by atoms with van der Waals surface area (Å²) < 4.78 is -0.408. The van der Waals surface area contributed by atoms with E-state index in [9.17, 15) is 0 Å². The van der Waals surface area contributed by atoms with Crippen LogP contribution in [0.3, 0.4) is 0 Å². The summed E-state index contributed by atoms with van der Waals surface area (Å²) in [6.45, 7) is 1.90. The second-order valence-electron chi connectivity index (χ2n) is 3.14. The van der Waals surface area contributed by atoms with Crippen LogP contribution in [0.5, 0.6) is 0 Å². The van der Waals surface area contributed by atoms with Crippen LogP contribution in [0, 0.1) is 0 Å². The quantitative estimate of drug-likeness (QED) is 0.503. The maximum absolute atomic E-state index is 5.87. The number of halogens is 2. The van der Waals surface area contributed by atoms with E-state index in [2.05, 4.69) is 14.8 Å². The van der Waals surface area contributed by atoms with Crippen LogP contribution in [-0.2, 0) is 0 Å². The zero-order valence-electron chi connectivity index (χ0n) is 5.76. The van der Waals surface area contributed by atoms with Crippen LogP contribution in [0.1, 0.15) is 6.92 Å². The Bertz CT molecular complexity index is 65.4. The summed E-state index contributed by atoms with van der Waals surface area (Å²) in [6.07, 6.45) is 0. The number of hydrogen-bond acceptors (Lipinski definition) is 0. The van der Waals surface area contributed by atoms with Gasteiger partial charge in [0.1, 0.15) is 0 Å². The predicted octanol–water partition coefficient (Wildman–Crippen LogP) is 3.06. The van der Waals surface area contributed by atoms with Crippen molar-refractivity contribution < 1.29 is 0 Å². The third-order valence-electron chi connectivity index (χ3n) is 1.32. The molecule has 0 heterocycles. The van der Waals surface area contributed by atoms with Gasteiger partial charge in [-0.3, -0.25) is 0 Å². The topological polar surface area (TPSA) is 0 Å². The Hall–Kier alpha value is 1.38. The van der Waals surface area contributed by atoms with Crippen molar-refractivity contribution in [1.29, 1.82) is 0 Å². The summed E-state index contributed by atoms with van der Waals surface area (Å²) in [5.74, 6) is 0. The minimum atomic E-state index is -1.99. The summed E-state index contributed by atoms with van der Waals surface area (Å²) in [6, 6.07) is 0. The maximum atomic E-state index is 5.87. The zero-order valence-corrected chi connectivity index (χ0v) is 10.1. The van der Waals surface area contributed by atoms with Gasteiger partial charge in [0.25, 0.3) is 0 Å². The van der Waals surface area contributed by atoms with Gasteiger partial charge in [0, 0.05) is 0 Å². The van der Waals surface area contributed by atoms with E-state index in [1.807, 2.05) is 6.92 Å². The van der Waals surface area contributed by atoms with Crippen LogP contribution in [0.15, 0.2) is 0 Å². The molecule has 0 atom stereocenters. The van der Waals surface area contributed by atoms with Crippen molar-refractivity contribution >= 4 is 41.6 Å². The Labute approximate surface area is 65.4 Å². The van der Waals surface area contributed by atoms with Crippen LogP contribution in [0.25, 0.3) is 0 Å². The van der Waals surface area contributed by atoms with Crippen LogP contribution in [-0.4, -0.2) is 20.7 Å². The standard InChI is InChI=1S/C2H3Cl2.3CH3.Sn/c1-2(3)4;;;;/h1H3;3*1H3;. The molecule has 0 N–H and O–H groups in total. The summed E-state index contributed by atoms with van der Waals surface area (Å²) >= 11 is 9.74. The Morgan fingerprint density at radius 1 is 1.12 bits per heavy atom. The molecule has 0 amide bonds. The molecule has 8 heavy (non-hydrogen) atoms. The SMILES string of the molecule is C[C](Cl)(Cl)[Sn]([CH3])([CH3])[CH3]. The van der Waals surface area contributed by atoms with Crippen molar-refractivity contribution in [3.05, 3.63) is 0 Å². The molecule has 0 unspecified atom stereocenters. The third kappa shape index (κ3) is 2.79. The van der Waals surface area contributed by atoms with E-state index in [0.717, 1.165) is 0 Å².